The smallest absolute Gasteiger partial charge is 0.241 e. The van der Waals surface area contributed by atoms with E-state index in [1.54, 1.807) is 11.3 Å². The van der Waals surface area contributed by atoms with E-state index in [4.69, 9.17) is 0 Å². The number of benzene rings is 1. The quantitative estimate of drug-likeness (QED) is 0.866. The van der Waals surface area contributed by atoms with Crippen molar-refractivity contribution in [1.82, 2.24) is 4.90 Å². The zero-order valence-corrected chi connectivity index (χ0v) is 13.4. The Morgan fingerprint density at radius 1 is 1.18 bits per heavy atom. The van der Waals surface area contributed by atoms with Gasteiger partial charge in [0.2, 0.25) is 5.91 Å². The molecule has 2 aliphatic rings. The van der Waals surface area contributed by atoms with Gasteiger partial charge >= 0.3 is 0 Å². The fourth-order valence-corrected chi connectivity index (χ4v) is 4.57. The molecule has 0 unspecified atom stereocenters. The van der Waals surface area contributed by atoms with E-state index in [2.05, 4.69) is 40.6 Å². The summed E-state index contributed by atoms with van der Waals surface area (Å²) in [4.78, 5) is 18.5. The van der Waals surface area contributed by atoms with Gasteiger partial charge in [-0.2, -0.15) is 0 Å². The Morgan fingerprint density at radius 3 is 2.95 bits per heavy atom. The highest BCUT2D eigenvalue weighted by Crippen LogP contribution is 2.35. The number of thiophene rings is 1. The molecular formula is C18H20N2OS. The molecule has 0 saturated carbocycles. The summed E-state index contributed by atoms with van der Waals surface area (Å²) in [7, 11) is 0. The molecule has 22 heavy (non-hydrogen) atoms. The summed E-state index contributed by atoms with van der Waals surface area (Å²) in [6.07, 6.45) is 3.34. The molecule has 0 aliphatic carbocycles. The minimum absolute atomic E-state index is 0.244. The predicted octanol–water partition coefficient (Wildman–Crippen LogP) is 3.47. The fraction of sp³-hybridized carbons (Fsp3) is 0.389. The summed E-state index contributed by atoms with van der Waals surface area (Å²) in [5.41, 5.74) is 2.41. The van der Waals surface area contributed by atoms with Crippen molar-refractivity contribution >= 4 is 22.9 Å². The van der Waals surface area contributed by atoms with Crippen molar-refractivity contribution in [2.45, 2.75) is 25.3 Å². The van der Waals surface area contributed by atoms with Gasteiger partial charge in [-0.1, -0.05) is 24.3 Å². The topological polar surface area (TPSA) is 23.6 Å². The molecule has 1 atom stereocenters. The van der Waals surface area contributed by atoms with Crippen LogP contribution in [0.1, 0.15) is 29.3 Å². The molecule has 0 spiro atoms. The Kier molecular flexibility index (Phi) is 3.72. The van der Waals surface area contributed by atoms with Crippen LogP contribution < -0.4 is 4.90 Å². The first kappa shape index (κ1) is 14.0. The van der Waals surface area contributed by atoms with E-state index in [1.165, 1.54) is 23.3 Å². The van der Waals surface area contributed by atoms with Gasteiger partial charge in [0.15, 0.2) is 0 Å². The minimum Gasteiger partial charge on any atom is -0.311 e. The molecule has 2 aliphatic heterocycles. The Balaban J connectivity index is 1.48. The largest absolute Gasteiger partial charge is 0.311 e. The number of hydrogen-bond donors (Lipinski definition) is 0. The highest BCUT2D eigenvalue weighted by atomic mass is 32.1. The summed E-state index contributed by atoms with van der Waals surface area (Å²) in [6, 6.07) is 13.0. The maximum Gasteiger partial charge on any atom is 0.241 e. The predicted molar refractivity (Wildman–Crippen MR) is 90.4 cm³/mol. The first-order chi connectivity index (χ1) is 10.8. The third-order valence-corrected chi connectivity index (χ3v) is 5.74. The van der Waals surface area contributed by atoms with Crippen molar-refractivity contribution in [3.63, 3.8) is 0 Å². The van der Waals surface area contributed by atoms with Crippen LogP contribution in [0.3, 0.4) is 0 Å². The molecule has 4 heteroatoms. The van der Waals surface area contributed by atoms with E-state index in [0.717, 1.165) is 25.2 Å². The second-order valence-electron chi connectivity index (χ2n) is 6.07. The summed E-state index contributed by atoms with van der Waals surface area (Å²) in [5.74, 6) is 0.244. The second kappa shape index (κ2) is 5.86. The summed E-state index contributed by atoms with van der Waals surface area (Å²) >= 11 is 1.81. The molecule has 0 N–H and O–H groups in total. The Labute approximate surface area is 135 Å². The van der Waals surface area contributed by atoms with Crippen molar-refractivity contribution in [2.24, 2.45) is 0 Å². The highest BCUT2D eigenvalue weighted by molar-refractivity contribution is 7.10. The number of nitrogens with zero attached hydrogens (tertiary/aromatic N) is 2. The molecule has 114 valence electrons. The number of fused-ring (bicyclic) bond motifs is 1. The Hall–Kier alpha value is -1.65. The third kappa shape index (κ3) is 2.46. The van der Waals surface area contributed by atoms with Crippen LogP contribution in [0, 0.1) is 0 Å². The lowest BCUT2D eigenvalue weighted by Gasteiger charge is -2.26. The Morgan fingerprint density at radius 2 is 2.09 bits per heavy atom. The highest BCUT2D eigenvalue weighted by Gasteiger charge is 2.31. The average Bonchev–Trinajstić information content (AvgIpc) is 3.27. The minimum atomic E-state index is 0.244. The normalized spacial score (nSPS) is 21.3. The van der Waals surface area contributed by atoms with Crippen LogP contribution in [-0.4, -0.2) is 30.4 Å². The molecule has 1 amide bonds. The number of para-hydroxylation sites is 1. The lowest BCUT2D eigenvalue weighted by Crippen LogP contribution is -2.39. The number of carbonyl (C=O) groups is 1. The van der Waals surface area contributed by atoms with Crippen molar-refractivity contribution in [2.75, 3.05) is 24.5 Å². The van der Waals surface area contributed by atoms with E-state index in [9.17, 15) is 4.79 Å². The first-order valence-electron chi connectivity index (χ1n) is 7.98. The first-order valence-corrected chi connectivity index (χ1v) is 8.86. The van der Waals surface area contributed by atoms with Gasteiger partial charge in [-0.15, -0.1) is 11.3 Å². The average molecular weight is 312 g/mol. The number of carbonyl (C=O) groups excluding carboxylic acids is 1. The molecule has 3 nitrogen and oxygen atoms in total. The van der Waals surface area contributed by atoms with E-state index in [1.807, 2.05) is 11.0 Å². The van der Waals surface area contributed by atoms with Crippen LogP contribution in [0.25, 0.3) is 0 Å². The molecule has 3 heterocycles. The molecular weight excluding hydrogens is 292 g/mol. The van der Waals surface area contributed by atoms with Gasteiger partial charge in [0.1, 0.15) is 0 Å². The standard InChI is InChI=1S/C18H20N2OS/c21-18(20-11-9-14-5-1-2-6-15(14)20)13-19-10-3-7-16(19)17-8-4-12-22-17/h1-2,4-6,8,12,16H,3,7,9-11,13H2/t16-/m1/s1. The van der Waals surface area contributed by atoms with E-state index < -0.39 is 0 Å². The number of likely N-dealkylation sites (tertiary alicyclic amines) is 1. The number of hydrogen-bond acceptors (Lipinski definition) is 3. The van der Waals surface area contributed by atoms with Gasteiger partial charge in [0.25, 0.3) is 0 Å². The molecule has 1 aromatic carbocycles. The van der Waals surface area contributed by atoms with Gasteiger partial charge in [-0.25, -0.2) is 0 Å². The SMILES string of the molecule is O=C(CN1CCC[C@@H]1c1cccs1)N1CCc2ccccc21. The van der Waals surface area contributed by atoms with Crippen molar-refractivity contribution in [3.8, 4) is 0 Å². The van der Waals surface area contributed by atoms with Crippen molar-refractivity contribution < 1.29 is 4.79 Å². The van der Waals surface area contributed by atoms with Crippen LogP contribution in [-0.2, 0) is 11.2 Å². The van der Waals surface area contributed by atoms with Gasteiger partial charge in [-0.3, -0.25) is 9.69 Å². The molecule has 1 aromatic heterocycles. The van der Waals surface area contributed by atoms with Crippen LogP contribution >= 0.6 is 11.3 Å². The monoisotopic (exact) mass is 312 g/mol. The summed E-state index contributed by atoms with van der Waals surface area (Å²) < 4.78 is 0. The lowest BCUT2D eigenvalue weighted by atomic mass is 10.2. The molecule has 0 bridgehead atoms. The fourth-order valence-electron chi connectivity index (χ4n) is 3.67. The van der Waals surface area contributed by atoms with E-state index >= 15 is 0 Å². The molecule has 2 aromatic rings. The van der Waals surface area contributed by atoms with Gasteiger partial charge in [0, 0.05) is 23.2 Å². The van der Waals surface area contributed by atoms with Crippen molar-refractivity contribution in [3.05, 3.63) is 52.2 Å². The van der Waals surface area contributed by atoms with Gasteiger partial charge < -0.3 is 4.90 Å². The third-order valence-electron chi connectivity index (χ3n) is 4.76. The molecule has 1 saturated heterocycles. The second-order valence-corrected chi connectivity index (χ2v) is 7.05. The lowest BCUT2D eigenvalue weighted by molar-refractivity contribution is -0.119. The van der Waals surface area contributed by atoms with Gasteiger partial charge in [0.05, 0.1) is 6.54 Å². The van der Waals surface area contributed by atoms with E-state index in [0.29, 0.717) is 12.6 Å². The van der Waals surface area contributed by atoms with Crippen LogP contribution in [0.4, 0.5) is 5.69 Å². The number of anilines is 1. The van der Waals surface area contributed by atoms with Crippen LogP contribution in [0.5, 0.6) is 0 Å². The maximum atomic E-state index is 12.8. The Bertz CT molecular complexity index is 667. The van der Waals surface area contributed by atoms with E-state index in [-0.39, 0.29) is 5.91 Å². The van der Waals surface area contributed by atoms with Crippen LogP contribution in [0.2, 0.25) is 0 Å². The zero-order chi connectivity index (χ0) is 14.9. The molecule has 4 rings (SSSR count). The maximum absolute atomic E-state index is 12.8. The summed E-state index contributed by atoms with van der Waals surface area (Å²) in [6.45, 7) is 2.40. The zero-order valence-electron chi connectivity index (χ0n) is 12.6. The molecule has 0 radical (unpaired) electrons. The number of amides is 1. The number of rotatable bonds is 3. The molecule has 1 fully saturated rings. The summed E-state index contributed by atoms with van der Waals surface area (Å²) in [5, 5.41) is 2.13. The van der Waals surface area contributed by atoms with Crippen LogP contribution in [0.15, 0.2) is 41.8 Å². The van der Waals surface area contributed by atoms with Gasteiger partial charge in [-0.05, 0) is 48.9 Å². The van der Waals surface area contributed by atoms with Crippen molar-refractivity contribution in [1.29, 1.82) is 0 Å².